The van der Waals surface area contributed by atoms with Crippen molar-refractivity contribution in [3.63, 3.8) is 0 Å². The first-order chi connectivity index (χ1) is 11.8. The third kappa shape index (κ3) is 3.55. The highest BCUT2D eigenvalue weighted by Gasteiger charge is 2.16. The molecule has 3 aromatic carbocycles. The van der Waals surface area contributed by atoms with Gasteiger partial charge in [0.05, 0.1) is 18.5 Å². The Bertz CT molecular complexity index is 747. The van der Waals surface area contributed by atoms with Crippen LogP contribution in [-0.2, 0) is 0 Å². The summed E-state index contributed by atoms with van der Waals surface area (Å²) < 4.78 is 10.9. The lowest BCUT2D eigenvalue weighted by Crippen LogP contribution is -2.29. The van der Waals surface area contributed by atoms with Crippen molar-refractivity contribution < 1.29 is 9.47 Å². The van der Waals surface area contributed by atoms with Crippen LogP contribution in [0.3, 0.4) is 0 Å². The Hall–Kier alpha value is -3.27. The Morgan fingerprint density at radius 3 is 1.62 bits per heavy atom. The Balaban J connectivity index is 1.89. The first-order valence-corrected chi connectivity index (χ1v) is 7.58. The highest BCUT2D eigenvalue weighted by molar-refractivity contribution is 5.98. The van der Waals surface area contributed by atoms with Crippen molar-refractivity contribution >= 4 is 17.4 Å². The number of methoxy groups -OCH3 is 1. The molecule has 0 fully saturated rings. The van der Waals surface area contributed by atoms with E-state index in [0.29, 0.717) is 5.75 Å². The van der Waals surface area contributed by atoms with E-state index in [9.17, 15) is 0 Å². The predicted molar refractivity (Wildman–Crippen MR) is 96.4 cm³/mol. The highest BCUT2D eigenvalue weighted by Crippen LogP contribution is 2.26. The van der Waals surface area contributed by atoms with Crippen molar-refractivity contribution in [1.82, 2.24) is 0 Å². The van der Waals surface area contributed by atoms with Crippen LogP contribution in [0.25, 0.3) is 0 Å². The van der Waals surface area contributed by atoms with Crippen molar-refractivity contribution in [2.24, 2.45) is 0 Å². The molecular formula is C20H18N2O2. The number of hydrogen-bond acceptors (Lipinski definition) is 3. The molecule has 4 nitrogen and oxygen atoms in total. The summed E-state index contributed by atoms with van der Waals surface area (Å²) >= 11 is 0. The third-order valence-corrected chi connectivity index (χ3v) is 3.51. The Labute approximate surface area is 141 Å². The van der Waals surface area contributed by atoms with Gasteiger partial charge in [0.1, 0.15) is 11.5 Å². The first kappa shape index (κ1) is 15.6. The molecule has 24 heavy (non-hydrogen) atoms. The molecular weight excluding hydrogens is 300 g/mol. The first-order valence-electron chi connectivity index (χ1n) is 7.58. The standard InChI is InChI=1S/C20H18N2O2/c1-23-18-12-14-19(15-13-18)24-20(21)22(16-8-4-2-5-9-16)17-10-6-3-7-11-17/h2-15,21H,1H3. The summed E-state index contributed by atoms with van der Waals surface area (Å²) in [5, 5.41) is 8.43. The maximum atomic E-state index is 8.43. The molecule has 120 valence electrons. The number of amidine groups is 1. The molecule has 4 heteroatoms. The SMILES string of the molecule is COc1ccc(OC(=N)N(c2ccccc2)c2ccccc2)cc1. The largest absolute Gasteiger partial charge is 0.497 e. The fraction of sp³-hybridized carbons (Fsp3) is 0.0500. The molecule has 0 saturated heterocycles. The zero-order valence-electron chi connectivity index (χ0n) is 13.3. The second kappa shape index (κ2) is 7.33. The number of rotatable bonds is 4. The topological polar surface area (TPSA) is 45.6 Å². The van der Waals surface area contributed by atoms with Crippen LogP contribution < -0.4 is 14.4 Å². The van der Waals surface area contributed by atoms with Crippen LogP contribution in [0.4, 0.5) is 11.4 Å². The number of para-hydroxylation sites is 2. The second-order valence-electron chi connectivity index (χ2n) is 5.09. The molecule has 0 aliphatic carbocycles. The van der Waals surface area contributed by atoms with Crippen LogP contribution in [0.2, 0.25) is 0 Å². The summed E-state index contributed by atoms with van der Waals surface area (Å²) in [6, 6.07) is 26.6. The molecule has 0 aliphatic heterocycles. The van der Waals surface area contributed by atoms with E-state index in [0.717, 1.165) is 17.1 Å². The Kier molecular flexibility index (Phi) is 4.77. The number of benzene rings is 3. The summed E-state index contributed by atoms with van der Waals surface area (Å²) in [6.07, 6.45) is 0. The summed E-state index contributed by atoms with van der Waals surface area (Å²) in [6.45, 7) is 0. The Morgan fingerprint density at radius 1 is 0.708 bits per heavy atom. The summed E-state index contributed by atoms with van der Waals surface area (Å²) in [5.41, 5.74) is 1.73. The molecule has 0 heterocycles. The van der Waals surface area contributed by atoms with Gasteiger partial charge in [-0.1, -0.05) is 36.4 Å². The van der Waals surface area contributed by atoms with Crippen molar-refractivity contribution in [3.8, 4) is 11.5 Å². The number of anilines is 2. The average molecular weight is 318 g/mol. The van der Waals surface area contributed by atoms with E-state index < -0.39 is 0 Å². The molecule has 0 bridgehead atoms. The molecule has 0 saturated carbocycles. The highest BCUT2D eigenvalue weighted by atomic mass is 16.5. The van der Waals surface area contributed by atoms with Crippen molar-refractivity contribution in [3.05, 3.63) is 84.9 Å². The van der Waals surface area contributed by atoms with Crippen LogP contribution >= 0.6 is 0 Å². The molecule has 3 rings (SSSR count). The van der Waals surface area contributed by atoms with Gasteiger partial charge in [-0.25, -0.2) is 0 Å². The maximum Gasteiger partial charge on any atom is 0.299 e. The summed E-state index contributed by atoms with van der Waals surface area (Å²) in [4.78, 5) is 1.75. The molecule has 1 N–H and O–H groups in total. The van der Waals surface area contributed by atoms with Gasteiger partial charge < -0.3 is 9.47 Å². The number of nitrogens with one attached hydrogen (secondary N) is 1. The minimum atomic E-state index is 0.0255. The average Bonchev–Trinajstić information content (AvgIpc) is 2.64. The lowest BCUT2D eigenvalue weighted by molar-refractivity contribution is 0.413. The van der Waals surface area contributed by atoms with Crippen LogP contribution in [0.15, 0.2) is 84.9 Å². The van der Waals surface area contributed by atoms with Crippen LogP contribution in [0.1, 0.15) is 0 Å². The van der Waals surface area contributed by atoms with E-state index >= 15 is 0 Å². The minimum absolute atomic E-state index is 0.0255. The van der Waals surface area contributed by atoms with E-state index in [2.05, 4.69) is 0 Å². The van der Waals surface area contributed by atoms with Gasteiger partial charge in [0.25, 0.3) is 6.02 Å². The van der Waals surface area contributed by atoms with E-state index in [1.54, 1.807) is 36.3 Å². The summed E-state index contributed by atoms with van der Waals surface area (Å²) in [7, 11) is 1.62. The molecule has 0 radical (unpaired) electrons. The Morgan fingerprint density at radius 2 is 1.17 bits per heavy atom. The van der Waals surface area contributed by atoms with Crippen LogP contribution in [0, 0.1) is 5.41 Å². The maximum absolute atomic E-state index is 8.43. The predicted octanol–water partition coefficient (Wildman–Crippen LogP) is 4.85. The van der Waals surface area contributed by atoms with Gasteiger partial charge in [0.2, 0.25) is 0 Å². The zero-order valence-corrected chi connectivity index (χ0v) is 13.3. The van der Waals surface area contributed by atoms with Gasteiger partial charge >= 0.3 is 0 Å². The smallest absolute Gasteiger partial charge is 0.299 e. The van der Waals surface area contributed by atoms with Gasteiger partial charge in [0, 0.05) is 0 Å². The van der Waals surface area contributed by atoms with Crippen LogP contribution in [0.5, 0.6) is 11.5 Å². The summed E-state index contributed by atoms with van der Waals surface area (Å²) in [5.74, 6) is 1.33. The van der Waals surface area contributed by atoms with E-state index in [4.69, 9.17) is 14.9 Å². The number of nitrogens with zero attached hydrogens (tertiary/aromatic N) is 1. The van der Waals surface area contributed by atoms with Gasteiger partial charge in [-0.3, -0.25) is 10.3 Å². The number of ether oxygens (including phenoxy) is 2. The van der Waals surface area contributed by atoms with Gasteiger partial charge in [-0.05, 0) is 48.5 Å². The van der Waals surface area contributed by atoms with E-state index in [-0.39, 0.29) is 6.02 Å². The lowest BCUT2D eigenvalue weighted by atomic mass is 10.2. The normalized spacial score (nSPS) is 10.0. The van der Waals surface area contributed by atoms with E-state index in [1.807, 2.05) is 60.7 Å². The van der Waals surface area contributed by atoms with Crippen molar-refractivity contribution in [2.45, 2.75) is 0 Å². The van der Waals surface area contributed by atoms with Gasteiger partial charge in [-0.2, -0.15) is 0 Å². The third-order valence-electron chi connectivity index (χ3n) is 3.51. The lowest BCUT2D eigenvalue weighted by Gasteiger charge is -2.24. The minimum Gasteiger partial charge on any atom is -0.497 e. The quantitative estimate of drug-likeness (QED) is 0.552. The zero-order chi connectivity index (χ0) is 16.8. The molecule has 0 amide bonds. The van der Waals surface area contributed by atoms with Crippen molar-refractivity contribution in [1.29, 1.82) is 5.41 Å². The molecule has 0 spiro atoms. The molecule has 0 atom stereocenters. The second-order valence-corrected chi connectivity index (χ2v) is 5.09. The van der Waals surface area contributed by atoms with Crippen molar-refractivity contribution in [2.75, 3.05) is 12.0 Å². The fourth-order valence-electron chi connectivity index (χ4n) is 2.34. The van der Waals surface area contributed by atoms with Crippen LogP contribution in [-0.4, -0.2) is 13.1 Å². The van der Waals surface area contributed by atoms with Gasteiger partial charge in [0.15, 0.2) is 0 Å². The monoisotopic (exact) mass is 318 g/mol. The number of hydrogen-bond donors (Lipinski definition) is 1. The molecule has 3 aromatic rings. The van der Waals surface area contributed by atoms with Gasteiger partial charge in [-0.15, -0.1) is 0 Å². The fourth-order valence-corrected chi connectivity index (χ4v) is 2.34. The van der Waals surface area contributed by atoms with E-state index in [1.165, 1.54) is 0 Å². The molecule has 0 aliphatic rings. The molecule has 0 unspecified atom stereocenters. The molecule has 0 aromatic heterocycles.